The van der Waals surface area contributed by atoms with Crippen molar-refractivity contribution in [2.45, 2.75) is 31.6 Å². The molecule has 0 aromatic heterocycles. The average Bonchev–Trinajstić information content (AvgIpc) is 2.19. The van der Waals surface area contributed by atoms with Gasteiger partial charge in [-0.05, 0) is 37.1 Å². The van der Waals surface area contributed by atoms with Crippen LogP contribution in [0, 0.1) is 6.92 Å². The van der Waals surface area contributed by atoms with Gasteiger partial charge in [-0.3, -0.25) is 0 Å². The van der Waals surface area contributed by atoms with Crippen LogP contribution in [0.4, 0.5) is 0 Å². The minimum Gasteiger partial charge on any atom is -0.493 e. The van der Waals surface area contributed by atoms with E-state index in [0.717, 1.165) is 18.4 Å². The van der Waals surface area contributed by atoms with Crippen LogP contribution in [0.1, 0.15) is 25.3 Å². The van der Waals surface area contributed by atoms with Crippen LogP contribution in [0.5, 0.6) is 5.75 Å². The third kappa shape index (κ3) is 3.50. The predicted molar refractivity (Wildman–Crippen MR) is 63.0 cm³/mol. The van der Waals surface area contributed by atoms with Crippen LogP contribution in [-0.4, -0.2) is 15.0 Å². The molecule has 1 aromatic carbocycles. The number of primary sulfonamides is 1. The molecule has 1 aromatic rings. The number of unbranched alkanes of at least 4 members (excludes halogenated alkanes) is 1. The standard InChI is InChI=1S/C11H17NO3S/c1-3-4-7-15-11-6-5-10(8-9(11)2)16(12,13)14/h5-6,8H,3-4,7H2,1-2H3,(H2,12,13,14). The Hall–Kier alpha value is -1.07. The highest BCUT2D eigenvalue weighted by Crippen LogP contribution is 2.21. The third-order valence-corrected chi connectivity index (χ3v) is 3.14. The van der Waals surface area contributed by atoms with Crippen molar-refractivity contribution in [2.75, 3.05) is 6.61 Å². The van der Waals surface area contributed by atoms with Gasteiger partial charge in [0, 0.05) is 0 Å². The first-order valence-electron chi connectivity index (χ1n) is 5.21. The Kier molecular flexibility index (Phi) is 4.32. The number of hydrogen-bond donors (Lipinski definition) is 1. The minimum atomic E-state index is -3.62. The van der Waals surface area contributed by atoms with E-state index in [1.54, 1.807) is 13.0 Å². The Morgan fingerprint density at radius 3 is 2.56 bits per heavy atom. The van der Waals surface area contributed by atoms with Gasteiger partial charge in [-0.2, -0.15) is 0 Å². The Morgan fingerprint density at radius 1 is 1.38 bits per heavy atom. The summed E-state index contributed by atoms with van der Waals surface area (Å²) >= 11 is 0. The van der Waals surface area contributed by atoms with Gasteiger partial charge < -0.3 is 4.74 Å². The maximum absolute atomic E-state index is 11.1. The molecule has 4 nitrogen and oxygen atoms in total. The van der Waals surface area contributed by atoms with E-state index in [9.17, 15) is 8.42 Å². The fraction of sp³-hybridized carbons (Fsp3) is 0.455. The minimum absolute atomic E-state index is 0.118. The second kappa shape index (κ2) is 5.32. The number of aryl methyl sites for hydroxylation is 1. The molecule has 0 heterocycles. The lowest BCUT2D eigenvalue weighted by molar-refractivity contribution is 0.307. The van der Waals surface area contributed by atoms with Gasteiger partial charge in [0.25, 0.3) is 0 Å². The molecule has 0 aliphatic heterocycles. The molecule has 0 unspecified atom stereocenters. The highest BCUT2D eigenvalue weighted by atomic mass is 32.2. The molecule has 0 saturated heterocycles. The summed E-state index contributed by atoms with van der Waals surface area (Å²) in [4.78, 5) is 0.118. The zero-order valence-electron chi connectivity index (χ0n) is 9.56. The van der Waals surface area contributed by atoms with Crippen molar-refractivity contribution in [3.63, 3.8) is 0 Å². The zero-order chi connectivity index (χ0) is 12.2. The number of sulfonamides is 1. The number of hydrogen-bond acceptors (Lipinski definition) is 3. The second-order valence-corrected chi connectivity index (χ2v) is 5.24. The molecule has 90 valence electrons. The third-order valence-electron chi connectivity index (χ3n) is 2.23. The fourth-order valence-corrected chi connectivity index (χ4v) is 1.89. The quantitative estimate of drug-likeness (QED) is 0.802. The van der Waals surface area contributed by atoms with Crippen molar-refractivity contribution in [3.8, 4) is 5.75 Å². The average molecular weight is 243 g/mol. The first kappa shape index (κ1) is 13.0. The van der Waals surface area contributed by atoms with E-state index in [1.165, 1.54) is 12.1 Å². The highest BCUT2D eigenvalue weighted by molar-refractivity contribution is 7.89. The SMILES string of the molecule is CCCCOc1ccc(S(N)(=O)=O)cc1C. The number of nitrogens with two attached hydrogens (primary N) is 1. The van der Waals surface area contributed by atoms with Crippen molar-refractivity contribution in [1.29, 1.82) is 0 Å². The molecule has 5 heteroatoms. The monoisotopic (exact) mass is 243 g/mol. The summed E-state index contributed by atoms with van der Waals surface area (Å²) in [6.45, 7) is 4.53. The van der Waals surface area contributed by atoms with Gasteiger partial charge in [0.05, 0.1) is 11.5 Å². The summed E-state index contributed by atoms with van der Waals surface area (Å²) in [6, 6.07) is 4.63. The Bertz CT molecular complexity index is 454. The molecule has 0 aliphatic rings. The summed E-state index contributed by atoms with van der Waals surface area (Å²) < 4.78 is 27.7. The first-order valence-corrected chi connectivity index (χ1v) is 6.76. The molecule has 16 heavy (non-hydrogen) atoms. The molecule has 0 saturated carbocycles. The van der Waals surface area contributed by atoms with Crippen molar-refractivity contribution in [2.24, 2.45) is 5.14 Å². The summed E-state index contributed by atoms with van der Waals surface area (Å²) in [7, 11) is -3.62. The van der Waals surface area contributed by atoms with Crippen LogP contribution in [0.2, 0.25) is 0 Å². The molecular weight excluding hydrogens is 226 g/mol. The van der Waals surface area contributed by atoms with Gasteiger partial charge in [0.1, 0.15) is 5.75 Å². The second-order valence-electron chi connectivity index (χ2n) is 3.67. The van der Waals surface area contributed by atoms with Gasteiger partial charge in [0.15, 0.2) is 0 Å². The van der Waals surface area contributed by atoms with Crippen LogP contribution in [0.25, 0.3) is 0 Å². The van der Waals surface area contributed by atoms with E-state index >= 15 is 0 Å². The van der Waals surface area contributed by atoms with Crippen LogP contribution in [-0.2, 0) is 10.0 Å². The predicted octanol–water partition coefficient (Wildman–Crippen LogP) is 1.82. The number of ether oxygens (including phenoxy) is 1. The molecule has 1 rings (SSSR count). The van der Waals surface area contributed by atoms with Crippen molar-refractivity contribution >= 4 is 10.0 Å². The molecule has 0 fully saturated rings. The number of rotatable bonds is 5. The smallest absolute Gasteiger partial charge is 0.238 e. The highest BCUT2D eigenvalue weighted by Gasteiger charge is 2.09. The van der Waals surface area contributed by atoms with Crippen LogP contribution >= 0.6 is 0 Å². The van der Waals surface area contributed by atoms with Crippen LogP contribution in [0.3, 0.4) is 0 Å². The van der Waals surface area contributed by atoms with E-state index in [0.29, 0.717) is 12.4 Å². The van der Waals surface area contributed by atoms with Gasteiger partial charge in [0.2, 0.25) is 10.0 Å². The topological polar surface area (TPSA) is 69.4 Å². The molecular formula is C11H17NO3S. The normalized spacial score (nSPS) is 11.4. The summed E-state index contributed by atoms with van der Waals surface area (Å²) in [6.07, 6.45) is 2.05. The van der Waals surface area contributed by atoms with Gasteiger partial charge in [-0.15, -0.1) is 0 Å². The Morgan fingerprint density at radius 2 is 2.06 bits per heavy atom. The fourth-order valence-electron chi connectivity index (χ4n) is 1.29. The van der Waals surface area contributed by atoms with E-state index in [-0.39, 0.29) is 4.90 Å². The molecule has 0 aliphatic carbocycles. The summed E-state index contributed by atoms with van der Waals surface area (Å²) in [5.74, 6) is 0.709. The molecule has 2 N–H and O–H groups in total. The summed E-state index contributed by atoms with van der Waals surface area (Å²) in [5.41, 5.74) is 0.780. The Labute approximate surface area is 96.5 Å². The molecule has 0 radical (unpaired) electrons. The lowest BCUT2D eigenvalue weighted by atomic mass is 10.2. The largest absolute Gasteiger partial charge is 0.493 e. The van der Waals surface area contributed by atoms with E-state index < -0.39 is 10.0 Å². The Balaban J connectivity index is 2.84. The molecule has 0 spiro atoms. The maximum atomic E-state index is 11.1. The van der Waals surface area contributed by atoms with Crippen LogP contribution < -0.4 is 9.88 Å². The number of benzene rings is 1. The van der Waals surface area contributed by atoms with Gasteiger partial charge in [-0.25, -0.2) is 13.6 Å². The van der Waals surface area contributed by atoms with Crippen LogP contribution in [0.15, 0.2) is 23.1 Å². The molecule has 0 atom stereocenters. The van der Waals surface area contributed by atoms with E-state index in [4.69, 9.17) is 9.88 Å². The summed E-state index contributed by atoms with van der Waals surface area (Å²) in [5, 5.41) is 5.03. The van der Waals surface area contributed by atoms with Gasteiger partial charge >= 0.3 is 0 Å². The van der Waals surface area contributed by atoms with Gasteiger partial charge in [-0.1, -0.05) is 13.3 Å². The lowest BCUT2D eigenvalue weighted by Gasteiger charge is -2.09. The molecule has 0 bridgehead atoms. The van der Waals surface area contributed by atoms with Crippen molar-refractivity contribution < 1.29 is 13.2 Å². The van der Waals surface area contributed by atoms with E-state index in [2.05, 4.69) is 6.92 Å². The molecule has 0 amide bonds. The first-order chi connectivity index (χ1) is 7.45. The van der Waals surface area contributed by atoms with Crippen molar-refractivity contribution in [1.82, 2.24) is 0 Å². The maximum Gasteiger partial charge on any atom is 0.238 e. The zero-order valence-corrected chi connectivity index (χ0v) is 10.4. The lowest BCUT2D eigenvalue weighted by Crippen LogP contribution is -2.12. The van der Waals surface area contributed by atoms with Crippen molar-refractivity contribution in [3.05, 3.63) is 23.8 Å². The van der Waals surface area contributed by atoms with E-state index in [1.807, 2.05) is 0 Å².